The summed E-state index contributed by atoms with van der Waals surface area (Å²) in [6.45, 7) is 11.0. The van der Waals surface area contributed by atoms with Crippen molar-refractivity contribution in [1.82, 2.24) is 24.0 Å². The highest BCUT2D eigenvalue weighted by Gasteiger charge is 2.31. The molecule has 0 radical (unpaired) electrons. The Hall–Kier alpha value is -2.69. The van der Waals surface area contributed by atoms with Crippen LogP contribution in [0.1, 0.15) is 46.4 Å². The van der Waals surface area contributed by atoms with E-state index in [2.05, 4.69) is 9.97 Å². The number of rotatable bonds is 7. The van der Waals surface area contributed by atoms with E-state index in [1.807, 2.05) is 13.8 Å². The van der Waals surface area contributed by atoms with Crippen LogP contribution in [0.15, 0.2) is 14.6 Å². The number of hydrogen-bond acceptors (Lipinski definition) is 8. The van der Waals surface area contributed by atoms with Gasteiger partial charge in [-0.2, -0.15) is 0 Å². The number of amides is 1. The number of aryl methyl sites for hydroxylation is 1. The molecule has 0 aliphatic carbocycles. The second kappa shape index (κ2) is 10.7. The van der Waals surface area contributed by atoms with Crippen molar-refractivity contribution >= 4 is 34.7 Å². The van der Waals surface area contributed by atoms with Crippen LogP contribution >= 0.6 is 11.8 Å². The molecule has 0 spiro atoms. The van der Waals surface area contributed by atoms with Gasteiger partial charge in [0.1, 0.15) is 16.2 Å². The minimum Gasteiger partial charge on any atom is -0.466 e. The van der Waals surface area contributed by atoms with Crippen LogP contribution in [-0.2, 0) is 27.9 Å². The van der Waals surface area contributed by atoms with E-state index in [0.717, 1.165) is 4.57 Å². The van der Waals surface area contributed by atoms with Crippen molar-refractivity contribution in [3.05, 3.63) is 26.7 Å². The van der Waals surface area contributed by atoms with Crippen LogP contribution in [0, 0.1) is 18.8 Å². The Balaban J connectivity index is 1.88. The zero-order valence-electron chi connectivity index (χ0n) is 20.7. The summed E-state index contributed by atoms with van der Waals surface area (Å²) >= 11 is 1.20. The summed E-state index contributed by atoms with van der Waals surface area (Å²) in [6.07, 6.45) is 1.14. The molecule has 1 saturated heterocycles. The van der Waals surface area contributed by atoms with Crippen LogP contribution in [0.3, 0.4) is 0 Å². The third kappa shape index (κ3) is 5.34. The van der Waals surface area contributed by atoms with Gasteiger partial charge in [-0.05, 0) is 39.5 Å². The highest BCUT2D eigenvalue weighted by Crippen LogP contribution is 2.29. The van der Waals surface area contributed by atoms with E-state index in [1.165, 1.54) is 23.4 Å². The van der Waals surface area contributed by atoms with Gasteiger partial charge in [0.15, 0.2) is 5.65 Å². The summed E-state index contributed by atoms with van der Waals surface area (Å²) in [5.41, 5.74) is -0.599. The molecule has 1 fully saturated rings. The van der Waals surface area contributed by atoms with Crippen LogP contribution in [0.5, 0.6) is 0 Å². The fourth-order valence-corrected chi connectivity index (χ4v) is 5.19. The van der Waals surface area contributed by atoms with E-state index in [9.17, 15) is 19.2 Å². The minimum absolute atomic E-state index is 0.0796. The van der Waals surface area contributed by atoms with Crippen LogP contribution in [-0.4, -0.2) is 60.8 Å². The first kappa shape index (κ1) is 25.9. The number of ether oxygens (including phenoxy) is 1. The number of nitrogens with zero attached hydrogens (tertiary/aromatic N) is 5. The highest BCUT2D eigenvalue weighted by molar-refractivity contribution is 8.00. The van der Waals surface area contributed by atoms with E-state index >= 15 is 0 Å². The predicted molar refractivity (Wildman–Crippen MR) is 130 cm³/mol. The number of fused-ring (bicyclic) bond motifs is 1. The second-order valence-electron chi connectivity index (χ2n) is 9.04. The summed E-state index contributed by atoms with van der Waals surface area (Å²) in [5, 5.41) is 0.133. The number of hydrogen-bond donors (Lipinski definition) is 0. The normalized spacial score (nSPS) is 15.7. The molecule has 1 aliphatic heterocycles. The second-order valence-corrected chi connectivity index (χ2v) is 10.4. The molecule has 0 aromatic carbocycles. The molecule has 0 N–H and O–H groups in total. The minimum atomic E-state index is -0.508. The number of piperidine rings is 1. The van der Waals surface area contributed by atoms with Crippen LogP contribution in [0.4, 0.5) is 0 Å². The monoisotopic (exact) mass is 491 g/mol. The zero-order chi connectivity index (χ0) is 25.2. The molecule has 34 heavy (non-hydrogen) atoms. The number of carbonyl (C=O) groups excluding carboxylic acids is 2. The quantitative estimate of drug-likeness (QED) is 0.327. The molecule has 186 valence electrons. The van der Waals surface area contributed by atoms with Crippen LogP contribution < -0.4 is 11.2 Å². The highest BCUT2D eigenvalue weighted by atomic mass is 32.2. The summed E-state index contributed by atoms with van der Waals surface area (Å²) in [4.78, 5) is 61.6. The zero-order valence-corrected chi connectivity index (χ0v) is 21.5. The maximum Gasteiger partial charge on any atom is 0.332 e. The Labute approximate surface area is 202 Å². The van der Waals surface area contributed by atoms with Gasteiger partial charge in [0.2, 0.25) is 5.91 Å². The first-order valence-corrected chi connectivity index (χ1v) is 12.5. The van der Waals surface area contributed by atoms with Crippen molar-refractivity contribution < 1.29 is 14.3 Å². The van der Waals surface area contributed by atoms with Gasteiger partial charge < -0.3 is 9.64 Å². The molecular weight excluding hydrogens is 458 g/mol. The lowest BCUT2D eigenvalue weighted by atomic mass is 9.97. The number of aromatic nitrogens is 4. The van der Waals surface area contributed by atoms with Gasteiger partial charge >= 0.3 is 11.7 Å². The summed E-state index contributed by atoms with van der Waals surface area (Å²) in [5.74, 6) is 0.131. The first-order valence-electron chi connectivity index (χ1n) is 11.6. The van der Waals surface area contributed by atoms with Crippen molar-refractivity contribution in [3.63, 3.8) is 0 Å². The number of likely N-dealkylation sites (tertiary alicyclic amines) is 1. The standard InChI is InChI=1S/C23H33N5O5S/c1-7-33-22(31)16-8-10-27(11-9-16)20(29)14(4)34-19-17-18(24-15(5)25-19)28(12-13(2)3)23(32)26(6)21(17)30/h13-14,16H,7-12H2,1-6H3. The number of thioether (sulfide) groups is 1. The average molecular weight is 492 g/mol. The topological polar surface area (TPSA) is 116 Å². The largest absolute Gasteiger partial charge is 0.466 e. The van der Waals surface area contributed by atoms with E-state index in [4.69, 9.17) is 4.74 Å². The van der Waals surface area contributed by atoms with Crippen molar-refractivity contribution in [2.45, 2.75) is 64.3 Å². The van der Waals surface area contributed by atoms with Crippen molar-refractivity contribution in [2.24, 2.45) is 18.9 Å². The van der Waals surface area contributed by atoms with Gasteiger partial charge in [0.25, 0.3) is 5.56 Å². The van der Waals surface area contributed by atoms with Crippen molar-refractivity contribution in [2.75, 3.05) is 19.7 Å². The van der Waals surface area contributed by atoms with E-state index in [0.29, 0.717) is 55.6 Å². The summed E-state index contributed by atoms with van der Waals surface area (Å²) < 4.78 is 7.68. The molecule has 10 nitrogen and oxygen atoms in total. The maximum atomic E-state index is 13.2. The molecule has 1 amide bonds. The van der Waals surface area contributed by atoms with E-state index < -0.39 is 16.5 Å². The summed E-state index contributed by atoms with van der Waals surface area (Å²) in [7, 11) is 1.44. The van der Waals surface area contributed by atoms with Gasteiger partial charge in [-0.1, -0.05) is 25.6 Å². The Morgan fingerprint density at radius 3 is 2.38 bits per heavy atom. The molecule has 1 unspecified atom stereocenters. The van der Waals surface area contributed by atoms with Gasteiger partial charge in [-0.25, -0.2) is 14.8 Å². The lowest BCUT2D eigenvalue weighted by Crippen LogP contribution is -2.43. The maximum absolute atomic E-state index is 13.2. The number of carbonyl (C=O) groups is 2. The molecule has 1 atom stereocenters. The van der Waals surface area contributed by atoms with Crippen molar-refractivity contribution in [3.8, 4) is 0 Å². The lowest BCUT2D eigenvalue weighted by Gasteiger charge is -2.32. The lowest BCUT2D eigenvalue weighted by molar-refractivity contribution is -0.151. The molecule has 3 heterocycles. The smallest absolute Gasteiger partial charge is 0.332 e. The van der Waals surface area contributed by atoms with E-state index in [1.54, 1.807) is 25.7 Å². The number of esters is 1. The van der Waals surface area contributed by atoms with Gasteiger partial charge in [0.05, 0.1) is 17.8 Å². The molecule has 0 bridgehead atoms. The molecule has 3 rings (SSSR count). The van der Waals surface area contributed by atoms with Gasteiger partial charge in [-0.15, -0.1) is 0 Å². The Bertz CT molecular complexity index is 1200. The molecule has 0 saturated carbocycles. The Morgan fingerprint density at radius 1 is 1.15 bits per heavy atom. The average Bonchev–Trinajstić information content (AvgIpc) is 2.79. The summed E-state index contributed by atoms with van der Waals surface area (Å²) in [6, 6.07) is 0. The van der Waals surface area contributed by atoms with E-state index in [-0.39, 0.29) is 29.1 Å². The Morgan fingerprint density at radius 2 is 1.79 bits per heavy atom. The SMILES string of the molecule is CCOC(=O)C1CCN(C(=O)C(C)Sc2nc(C)nc3c2c(=O)n(C)c(=O)n3CC(C)C)CC1. The predicted octanol–water partition coefficient (Wildman–Crippen LogP) is 1.74. The van der Waals surface area contributed by atoms with Crippen LogP contribution in [0.25, 0.3) is 11.0 Å². The molecule has 11 heteroatoms. The third-order valence-electron chi connectivity index (χ3n) is 5.87. The van der Waals surface area contributed by atoms with Crippen molar-refractivity contribution in [1.29, 1.82) is 0 Å². The van der Waals surface area contributed by atoms with Gasteiger partial charge in [-0.3, -0.25) is 23.5 Å². The van der Waals surface area contributed by atoms with Gasteiger partial charge in [0, 0.05) is 26.7 Å². The fraction of sp³-hybridized carbons (Fsp3) is 0.652. The molecule has 1 aliphatic rings. The Kier molecular flexibility index (Phi) is 8.17. The molecule has 2 aromatic rings. The third-order valence-corrected chi connectivity index (χ3v) is 6.94. The fourth-order valence-electron chi connectivity index (χ4n) is 4.13. The molecular formula is C23H33N5O5S. The first-order chi connectivity index (χ1) is 16.0. The molecule has 2 aromatic heterocycles. The van der Waals surface area contributed by atoms with Crippen LogP contribution in [0.2, 0.25) is 0 Å².